The second-order valence-electron chi connectivity index (χ2n) is 4.09. The number of aromatic nitrogens is 4. The molecule has 0 saturated carbocycles. The summed E-state index contributed by atoms with van der Waals surface area (Å²) in [5.41, 5.74) is 3.44. The van der Waals surface area contributed by atoms with Gasteiger partial charge in [-0.15, -0.1) is 0 Å². The molecule has 0 aromatic carbocycles. The number of aromatic amines is 1. The van der Waals surface area contributed by atoms with E-state index in [1.807, 2.05) is 11.6 Å². The lowest BCUT2D eigenvalue weighted by Gasteiger charge is -2.05. The van der Waals surface area contributed by atoms with Crippen molar-refractivity contribution in [3.8, 4) is 11.5 Å². The van der Waals surface area contributed by atoms with Crippen LogP contribution in [-0.4, -0.2) is 19.5 Å². The molecule has 0 spiro atoms. The highest BCUT2D eigenvalue weighted by atomic mass is 32.1. The minimum Gasteiger partial charge on any atom is -0.342 e. The number of hydrogen-bond donors (Lipinski definition) is 1. The third-order valence-electron chi connectivity index (χ3n) is 3.02. The van der Waals surface area contributed by atoms with Gasteiger partial charge in [-0.05, 0) is 19.3 Å². The average Bonchev–Trinajstić information content (AvgIpc) is 2.85. The van der Waals surface area contributed by atoms with Crippen LogP contribution in [0, 0.1) is 4.64 Å². The zero-order valence-electron chi connectivity index (χ0n) is 9.03. The molecule has 0 unspecified atom stereocenters. The number of nitrogens with one attached hydrogen (secondary N) is 1. The molecule has 4 nitrogen and oxygen atoms in total. The fraction of sp³-hybridized carbons (Fsp3) is 0.364. The first-order valence-corrected chi connectivity index (χ1v) is 5.75. The summed E-state index contributed by atoms with van der Waals surface area (Å²) in [6, 6.07) is 0. The van der Waals surface area contributed by atoms with E-state index in [0.717, 1.165) is 29.0 Å². The molecule has 0 saturated heterocycles. The van der Waals surface area contributed by atoms with Crippen LogP contribution in [0.2, 0.25) is 0 Å². The Kier molecular flexibility index (Phi) is 2.14. The molecule has 2 heterocycles. The minimum atomic E-state index is 0.738. The lowest BCUT2D eigenvalue weighted by atomic mass is 10.2. The zero-order valence-corrected chi connectivity index (χ0v) is 9.84. The molecule has 0 fully saturated rings. The van der Waals surface area contributed by atoms with Crippen LogP contribution in [0.1, 0.15) is 17.7 Å². The monoisotopic (exact) mass is 232 g/mol. The van der Waals surface area contributed by atoms with Gasteiger partial charge in [0.1, 0.15) is 10.3 Å². The topological polar surface area (TPSA) is 46.5 Å². The third kappa shape index (κ3) is 1.39. The summed E-state index contributed by atoms with van der Waals surface area (Å²) >= 11 is 5.32. The molecule has 3 rings (SSSR count). The maximum absolute atomic E-state index is 5.32. The molecule has 0 atom stereocenters. The van der Waals surface area contributed by atoms with Crippen LogP contribution >= 0.6 is 12.2 Å². The van der Waals surface area contributed by atoms with Crippen molar-refractivity contribution in [1.29, 1.82) is 0 Å². The zero-order chi connectivity index (χ0) is 11.1. The fourth-order valence-corrected chi connectivity index (χ4v) is 2.48. The summed E-state index contributed by atoms with van der Waals surface area (Å²) in [4.78, 5) is 11.9. The number of H-pyrrole nitrogens is 1. The first-order valence-electron chi connectivity index (χ1n) is 5.34. The van der Waals surface area contributed by atoms with Crippen LogP contribution in [0.5, 0.6) is 0 Å². The van der Waals surface area contributed by atoms with Crippen molar-refractivity contribution in [2.24, 2.45) is 7.05 Å². The highest BCUT2D eigenvalue weighted by Gasteiger charge is 2.16. The Balaban J connectivity index is 2.21. The Hall–Kier alpha value is -1.49. The molecule has 2 aromatic heterocycles. The van der Waals surface area contributed by atoms with E-state index in [0.29, 0.717) is 0 Å². The fourth-order valence-electron chi connectivity index (χ4n) is 2.16. The minimum absolute atomic E-state index is 0.738. The van der Waals surface area contributed by atoms with Crippen molar-refractivity contribution < 1.29 is 0 Å². The van der Waals surface area contributed by atoms with Gasteiger partial charge in [0.2, 0.25) is 0 Å². The summed E-state index contributed by atoms with van der Waals surface area (Å²) < 4.78 is 2.68. The van der Waals surface area contributed by atoms with Crippen molar-refractivity contribution in [3.05, 3.63) is 28.4 Å². The quantitative estimate of drug-likeness (QED) is 0.765. The van der Waals surface area contributed by atoms with E-state index in [1.165, 1.54) is 17.7 Å². The van der Waals surface area contributed by atoms with Gasteiger partial charge < -0.3 is 9.55 Å². The summed E-state index contributed by atoms with van der Waals surface area (Å²) in [6.07, 6.45) is 6.87. The molecule has 0 bridgehead atoms. The summed E-state index contributed by atoms with van der Waals surface area (Å²) in [5, 5.41) is 0. The highest BCUT2D eigenvalue weighted by Crippen LogP contribution is 2.23. The molecular formula is C11H12N4S. The van der Waals surface area contributed by atoms with E-state index < -0.39 is 0 Å². The molecule has 0 aliphatic heterocycles. The molecule has 1 N–H and O–H groups in total. The number of aryl methyl sites for hydroxylation is 2. The predicted molar refractivity (Wildman–Crippen MR) is 63.6 cm³/mol. The van der Waals surface area contributed by atoms with E-state index >= 15 is 0 Å². The lowest BCUT2D eigenvalue weighted by molar-refractivity contribution is 0.891. The van der Waals surface area contributed by atoms with Gasteiger partial charge in [0.25, 0.3) is 0 Å². The number of hydrogen-bond acceptors (Lipinski definition) is 3. The predicted octanol–water partition coefficient (Wildman–Crippen LogP) is 2.03. The van der Waals surface area contributed by atoms with Gasteiger partial charge in [-0.2, -0.15) is 0 Å². The second kappa shape index (κ2) is 3.52. The maximum Gasteiger partial charge on any atom is 0.157 e. The van der Waals surface area contributed by atoms with Crippen molar-refractivity contribution in [2.75, 3.05) is 0 Å². The van der Waals surface area contributed by atoms with Gasteiger partial charge in [0.05, 0.1) is 12.5 Å². The largest absolute Gasteiger partial charge is 0.342 e. The third-order valence-corrected chi connectivity index (χ3v) is 3.36. The Morgan fingerprint density at radius 2 is 2.31 bits per heavy atom. The van der Waals surface area contributed by atoms with Gasteiger partial charge in [0.15, 0.2) is 5.82 Å². The van der Waals surface area contributed by atoms with Crippen molar-refractivity contribution in [1.82, 2.24) is 19.5 Å². The van der Waals surface area contributed by atoms with Gasteiger partial charge in [0, 0.05) is 18.3 Å². The molecule has 0 radical (unpaired) electrons. The van der Waals surface area contributed by atoms with E-state index in [-0.39, 0.29) is 0 Å². The smallest absolute Gasteiger partial charge is 0.157 e. The first-order chi connectivity index (χ1) is 7.75. The molecule has 1 aliphatic rings. The van der Waals surface area contributed by atoms with Crippen LogP contribution in [0.4, 0.5) is 0 Å². The van der Waals surface area contributed by atoms with Crippen LogP contribution in [0.3, 0.4) is 0 Å². The van der Waals surface area contributed by atoms with Crippen LogP contribution in [0.25, 0.3) is 11.5 Å². The van der Waals surface area contributed by atoms with Crippen LogP contribution < -0.4 is 0 Å². The van der Waals surface area contributed by atoms with Crippen molar-refractivity contribution in [2.45, 2.75) is 19.3 Å². The van der Waals surface area contributed by atoms with Gasteiger partial charge >= 0.3 is 0 Å². The molecular weight excluding hydrogens is 220 g/mol. The summed E-state index contributed by atoms with van der Waals surface area (Å²) in [5.74, 6) is 0.825. The van der Waals surface area contributed by atoms with Crippen molar-refractivity contribution in [3.63, 3.8) is 0 Å². The van der Waals surface area contributed by atoms with Crippen LogP contribution in [-0.2, 0) is 19.9 Å². The Labute approximate surface area is 98.4 Å². The lowest BCUT2D eigenvalue weighted by Crippen LogP contribution is -2.00. The summed E-state index contributed by atoms with van der Waals surface area (Å²) in [6.45, 7) is 0. The molecule has 16 heavy (non-hydrogen) atoms. The van der Waals surface area contributed by atoms with Gasteiger partial charge in [-0.25, -0.2) is 9.97 Å². The SMILES string of the molecule is Cn1cncc1-c1nc(=S)c2c([nH]1)CCC2. The molecule has 5 heteroatoms. The Bertz CT molecular complexity index is 596. The number of rotatable bonds is 1. The number of nitrogens with zero attached hydrogens (tertiary/aromatic N) is 3. The standard InChI is InChI=1S/C11H12N4S/c1-15-6-12-5-9(15)10-13-8-4-2-3-7(8)11(16)14-10/h5-6H,2-4H2,1H3,(H,13,14,16). The maximum atomic E-state index is 5.32. The van der Waals surface area contributed by atoms with E-state index in [9.17, 15) is 0 Å². The van der Waals surface area contributed by atoms with Crippen LogP contribution in [0.15, 0.2) is 12.5 Å². The van der Waals surface area contributed by atoms with E-state index in [4.69, 9.17) is 12.2 Å². The molecule has 0 amide bonds. The average molecular weight is 232 g/mol. The molecule has 1 aliphatic carbocycles. The van der Waals surface area contributed by atoms with Gasteiger partial charge in [-0.3, -0.25) is 0 Å². The normalized spacial score (nSPS) is 14.1. The summed E-state index contributed by atoms with van der Waals surface area (Å²) in [7, 11) is 1.95. The molecule has 82 valence electrons. The number of imidazole rings is 1. The first kappa shape index (κ1) is 9.72. The molecule has 2 aromatic rings. The van der Waals surface area contributed by atoms with Gasteiger partial charge in [-0.1, -0.05) is 12.2 Å². The highest BCUT2D eigenvalue weighted by molar-refractivity contribution is 7.71. The van der Waals surface area contributed by atoms with E-state index in [2.05, 4.69) is 15.0 Å². The second-order valence-corrected chi connectivity index (χ2v) is 4.48. The Morgan fingerprint density at radius 1 is 1.44 bits per heavy atom. The van der Waals surface area contributed by atoms with Crippen molar-refractivity contribution >= 4 is 12.2 Å². The number of fused-ring (bicyclic) bond motifs is 1. The van der Waals surface area contributed by atoms with E-state index in [1.54, 1.807) is 12.5 Å². The Morgan fingerprint density at radius 3 is 3.06 bits per heavy atom.